The summed E-state index contributed by atoms with van der Waals surface area (Å²) in [5, 5.41) is 9.27. The molecule has 3 rings (SSSR count). The third-order valence-electron chi connectivity index (χ3n) is 5.02. The maximum absolute atomic E-state index is 12.1. The largest absolute Gasteiger partial charge is 0.508 e. The number of esters is 2. The van der Waals surface area contributed by atoms with Crippen LogP contribution in [-0.2, 0) is 19.1 Å². The summed E-state index contributed by atoms with van der Waals surface area (Å²) in [7, 11) is 1.60. The van der Waals surface area contributed by atoms with Crippen molar-refractivity contribution < 1.29 is 28.9 Å². The molecule has 1 fully saturated rings. The van der Waals surface area contributed by atoms with E-state index in [1.54, 1.807) is 43.5 Å². The summed E-state index contributed by atoms with van der Waals surface area (Å²) in [5.41, 5.74) is 1.68. The van der Waals surface area contributed by atoms with Gasteiger partial charge in [0.15, 0.2) is 0 Å². The molecule has 0 radical (unpaired) electrons. The Bertz CT molecular complexity index is 919. The monoisotopic (exact) mass is 422 g/mol. The Labute approximate surface area is 181 Å². The molecular formula is C25H26O6. The van der Waals surface area contributed by atoms with Gasteiger partial charge in [-0.25, -0.2) is 9.59 Å². The first-order valence-electron chi connectivity index (χ1n) is 10.2. The Kier molecular flexibility index (Phi) is 7.87. The Balaban J connectivity index is 1.38. The summed E-state index contributed by atoms with van der Waals surface area (Å²) in [6, 6.07) is 13.9. The van der Waals surface area contributed by atoms with Gasteiger partial charge in [-0.3, -0.25) is 0 Å². The van der Waals surface area contributed by atoms with Gasteiger partial charge in [-0.05, 0) is 73.2 Å². The standard InChI is InChI=1S/C25H26O6/c1-29-21-10-4-19(5-11-21)7-17-25(28)31-23-14-12-22(13-15-23)30-24(27)16-6-18-2-8-20(26)9-3-18/h2-11,16-17,22-23,26H,12-15H2,1H3/b16-6+,17-7+. The highest BCUT2D eigenvalue weighted by molar-refractivity contribution is 5.87. The summed E-state index contributed by atoms with van der Waals surface area (Å²) in [5.74, 6) is 0.144. The van der Waals surface area contributed by atoms with Crippen LogP contribution in [0.5, 0.6) is 11.5 Å². The van der Waals surface area contributed by atoms with E-state index in [4.69, 9.17) is 14.2 Å². The topological polar surface area (TPSA) is 82.1 Å². The highest BCUT2D eigenvalue weighted by atomic mass is 16.6. The van der Waals surface area contributed by atoms with Gasteiger partial charge in [-0.15, -0.1) is 0 Å². The van der Waals surface area contributed by atoms with Gasteiger partial charge < -0.3 is 19.3 Å². The minimum atomic E-state index is -0.407. The number of rotatable bonds is 7. The van der Waals surface area contributed by atoms with Crippen molar-refractivity contribution in [3.63, 3.8) is 0 Å². The van der Waals surface area contributed by atoms with Crippen LogP contribution in [0.1, 0.15) is 36.8 Å². The molecule has 31 heavy (non-hydrogen) atoms. The van der Waals surface area contributed by atoms with Crippen LogP contribution in [0, 0.1) is 0 Å². The van der Waals surface area contributed by atoms with E-state index in [9.17, 15) is 14.7 Å². The van der Waals surface area contributed by atoms with Crippen molar-refractivity contribution in [3.8, 4) is 11.5 Å². The van der Waals surface area contributed by atoms with Crippen LogP contribution in [0.2, 0.25) is 0 Å². The quantitative estimate of drug-likeness (QED) is 0.522. The van der Waals surface area contributed by atoms with E-state index in [2.05, 4.69) is 0 Å². The third-order valence-corrected chi connectivity index (χ3v) is 5.02. The Morgan fingerprint density at radius 2 is 1.19 bits per heavy atom. The van der Waals surface area contributed by atoms with Gasteiger partial charge >= 0.3 is 11.9 Å². The molecule has 1 aliphatic rings. The second-order valence-corrected chi connectivity index (χ2v) is 7.30. The zero-order valence-corrected chi connectivity index (χ0v) is 17.4. The number of carbonyl (C=O) groups excluding carboxylic acids is 2. The number of methoxy groups -OCH3 is 1. The number of phenolic OH excluding ortho intramolecular Hbond substituents is 1. The lowest BCUT2D eigenvalue weighted by atomic mass is 9.95. The average molecular weight is 422 g/mol. The average Bonchev–Trinajstić information content (AvgIpc) is 2.79. The van der Waals surface area contributed by atoms with Crippen LogP contribution in [0.25, 0.3) is 12.2 Å². The summed E-state index contributed by atoms with van der Waals surface area (Å²) in [4.78, 5) is 24.1. The lowest BCUT2D eigenvalue weighted by molar-refractivity contribution is -0.151. The van der Waals surface area contributed by atoms with Crippen molar-refractivity contribution in [1.82, 2.24) is 0 Å². The molecule has 0 heterocycles. The summed E-state index contributed by atoms with van der Waals surface area (Å²) in [6.45, 7) is 0. The van der Waals surface area contributed by atoms with Crippen molar-refractivity contribution in [2.24, 2.45) is 0 Å². The Morgan fingerprint density at radius 3 is 1.61 bits per heavy atom. The van der Waals surface area contributed by atoms with Gasteiger partial charge in [-0.1, -0.05) is 24.3 Å². The number of ether oxygens (including phenoxy) is 3. The summed E-state index contributed by atoms with van der Waals surface area (Å²) in [6.07, 6.45) is 8.41. The molecule has 0 saturated heterocycles. The highest BCUT2D eigenvalue weighted by Crippen LogP contribution is 2.24. The highest BCUT2D eigenvalue weighted by Gasteiger charge is 2.25. The minimum Gasteiger partial charge on any atom is -0.508 e. The van der Waals surface area contributed by atoms with E-state index < -0.39 is 5.97 Å². The molecular weight excluding hydrogens is 396 g/mol. The number of hydrogen-bond acceptors (Lipinski definition) is 6. The van der Waals surface area contributed by atoms with Crippen molar-refractivity contribution in [2.45, 2.75) is 37.9 Å². The molecule has 0 spiro atoms. The maximum atomic E-state index is 12.1. The van der Waals surface area contributed by atoms with Crippen molar-refractivity contribution in [3.05, 3.63) is 71.8 Å². The molecule has 2 aromatic carbocycles. The van der Waals surface area contributed by atoms with E-state index >= 15 is 0 Å². The molecule has 1 N–H and O–H groups in total. The molecule has 6 heteroatoms. The predicted octanol–water partition coefficient (Wildman–Crippen LogP) is 4.53. The first-order chi connectivity index (χ1) is 15.0. The van der Waals surface area contributed by atoms with Crippen LogP contribution in [0.3, 0.4) is 0 Å². The molecule has 0 aliphatic heterocycles. The van der Waals surface area contributed by atoms with Crippen LogP contribution in [-0.4, -0.2) is 36.4 Å². The fraction of sp³-hybridized carbons (Fsp3) is 0.280. The van der Waals surface area contributed by atoms with E-state index in [1.165, 1.54) is 12.2 Å². The minimum absolute atomic E-state index is 0.171. The van der Waals surface area contributed by atoms with E-state index in [0.717, 1.165) is 16.9 Å². The molecule has 0 amide bonds. The fourth-order valence-corrected chi connectivity index (χ4v) is 3.30. The fourth-order valence-electron chi connectivity index (χ4n) is 3.30. The number of aromatic hydroxyl groups is 1. The summed E-state index contributed by atoms with van der Waals surface area (Å²) < 4.78 is 16.1. The van der Waals surface area contributed by atoms with Crippen LogP contribution in [0.4, 0.5) is 0 Å². The van der Waals surface area contributed by atoms with Crippen molar-refractivity contribution >= 4 is 24.1 Å². The Hall–Kier alpha value is -3.54. The molecule has 2 aromatic rings. The third kappa shape index (κ3) is 7.33. The SMILES string of the molecule is COc1ccc(/C=C/C(=O)OC2CCC(OC(=O)/C=C/c3ccc(O)cc3)CC2)cc1. The summed E-state index contributed by atoms with van der Waals surface area (Å²) >= 11 is 0. The van der Waals surface area contributed by atoms with Crippen LogP contribution < -0.4 is 4.74 Å². The molecule has 0 bridgehead atoms. The van der Waals surface area contributed by atoms with Gasteiger partial charge in [0.25, 0.3) is 0 Å². The van der Waals surface area contributed by atoms with E-state index in [-0.39, 0.29) is 23.9 Å². The van der Waals surface area contributed by atoms with E-state index in [0.29, 0.717) is 25.7 Å². The van der Waals surface area contributed by atoms with Crippen LogP contribution in [0.15, 0.2) is 60.7 Å². The normalized spacial score (nSPS) is 18.7. The lowest BCUT2D eigenvalue weighted by Crippen LogP contribution is -2.29. The molecule has 0 atom stereocenters. The number of carbonyl (C=O) groups is 2. The van der Waals surface area contributed by atoms with Crippen molar-refractivity contribution in [2.75, 3.05) is 7.11 Å². The number of hydrogen-bond donors (Lipinski definition) is 1. The first-order valence-corrected chi connectivity index (χ1v) is 10.2. The van der Waals surface area contributed by atoms with Gasteiger partial charge in [0, 0.05) is 12.2 Å². The number of phenols is 1. The number of benzene rings is 2. The van der Waals surface area contributed by atoms with Gasteiger partial charge in [0.2, 0.25) is 0 Å². The zero-order valence-electron chi connectivity index (χ0n) is 17.4. The smallest absolute Gasteiger partial charge is 0.331 e. The molecule has 162 valence electrons. The Morgan fingerprint density at radius 1 is 0.774 bits per heavy atom. The second-order valence-electron chi connectivity index (χ2n) is 7.30. The van der Waals surface area contributed by atoms with Crippen LogP contribution >= 0.6 is 0 Å². The maximum Gasteiger partial charge on any atom is 0.331 e. The van der Waals surface area contributed by atoms with E-state index in [1.807, 2.05) is 24.3 Å². The second kappa shape index (κ2) is 11.0. The molecule has 0 unspecified atom stereocenters. The zero-order chi connectivity index (χ0) is 22.1. The molecule has 0 aromatic heterocycles. The first kappa shape index (κ1) is 22.2. The van der Waals surface area contributed by atoms with Gasteiger partial charge in [0.1, 0.15) is 23.7 Å². The molecule has 1 aliphatic carbocycles. The van der Waals surface area contributed by atoms with Gasteiger partial charge in [-0.2, -0.15) is 0 Å². The molecule has 1 saturated carbocycles. The van der Waals surface area contributed by atoms with Gasteiger partial charge in [0.05, 0.1) is 7.11 Å². The predicted molar refractivity (Wildman–Crippen MR) is 117 cm³/mol. The molecule has 6 nitrogen and oxygen atoms in total. The lowest BCUT2D eigenvalue weighted by Gasteiger charge is -2.27. The van der Waals surface area contributed by atoms with Crippen molar-refractivity contribution in [1.29, 1.82) is 0 Å².